The predicted octanol–water partition coefficient (Wildman–Crippen LogP) is 7.97. The number of hydrogen-bond donors (Lipinski definition) is 0. The van der Waals surface area contributed by atoms with Gasteiger partial charge in [0.15, 0.2) is 5.58 Å². The minimum atomic E-state index is 0.791. The van der Waals surface area contributed by atoms with Crippen molar-refractivity contribution in [2.24, 2.45) is 0 Å². The average Bonchev–Trinajstić information content (AvgIpc) is 3.64. The molecule has 182 valence electrons. The number of nitrogens with zero attached hydrogens (tertiary/aromatic N) is 5. The van der Waals surface area contributed by atoms with Crippen LogP contribution in [0.15, 0.2) is 120 Å². The minimum Gasteiger partial charge on any atom is -0.454 e. The van der Waals surface area contributed by atoms with Crippen molar-refractivity contribution >= 4 is 65.9 Å². The molecule has 9 rings (SSSR count). The van der Waals surface area contributed by atoms with Gasteiger partial charge in [-0.05, 0) is 78.9 Å². The van der Waals surface area contributed by atoms with E-state index < -0.39 is 0 Å². The van der Waals surface area contributed by atoms with Gasteiger partial charge in [0.25, 0.3) is 0 Å². The summed E-state index contributed by atoms with van der Waals surface area (Å²) in [6, 6.07) is 33.4. The fourth-order valence-corrected chi connectivity index (χ4v) is 6.03. The molecule has 0 amide bonds. The van der Waals surface area contributed by atoms with Gasteiger partial charge in [-0.1, -0.05) is 18.2 Å². The van der Waals surface area contributed by atoms with E-state index in [1.165, 1.54) is 0 Å². The van der Waals surface area contributed by atoms with E-state index in [2.05, 4.69) is 80.8 Å². The summed E-state index contributed by atoms with van der Waals surface area (Å²) >= 11 is 0. The van der Waals surface area contributed by atoms with Crippen LogP contribution >= 0.6 is 0 Å². The zero-order valence-electron chi connectivity index (χ0n) is 20.6. The van der Waals surface area contributed by atoms with E-state index in [0.29, 0.717) is 0 Å². The van der Waals surface area contributed by atoms with Crippen LogP contribution in [0.2, 0.25) is 0 Å². The smallest absolute Gasteiger partial charge is 0.153 e. The first-order chi connectivity index (χ1) is 19.3. The summed E-state index contributed by atoms with van der Waals surface area (Å²) in [6.45, 7) is 0. The number of rotatable bonds is 2. The fraction of sp³-hybridized carbons (Fsp3) is 0. The molecule has 0 spiro atoms. The number of pyridine rings is 3. The van der Waals surface area contributed by atoms with Gasteiger partial charge in [0.2, 0.25) is 0 Å². The van der Waals surface area contributed by atoms with Crippen molar-refractivity contribution in [1.29, 1.82) is 0 Å². The molecule has 0 atom stereocenters. The lowest BCUT2D eigenvalue weighted by atomic mass is 10.2. The maximum Gasteiger partial charge on any atom is 0.153 e. The molecule has 6 aromatic heterocycles. The maximum atomic E-state index is 6.04. The average molecular weight is 502 g/mol. The quantitative estimate of drug-likeness (QED) is 0.241. The fourth-order valence-electron chi connectivity index (χ4n) is 6.03. The van der Waals surface area contributed by atoms with Crippen molar-refractivity contribution in [3.05, 3.63) is 116 Å². The number of furan rings is 1. The second-order valence-corrected chi connectivity index (χ2v) is 9.76. The first kappa shape index (κ1) is 20.6. The second-order valence-electron chi connectivity index (χ2n) is 9.76. The van der Waals surface area contributed by atoms with Crippen molar-refractivity contribution in [1.82, 2.24) is 24.1 Å². The Labute approximate surface area is 221 Å². The third-order valence-corrected chi connectivity index (χ3v) is 7.66. The molecule has 0 aliphatic heterocycles. The Hall–Kier alpha value is -5.49. The highest BCUT2D eigenvalue weighted by molar-refractivity contribution is 6.10. The van der Waals surface area contributed by atoms with Crippen LogP contribution in [0.1, 0.15) is 0 Å². The summed E-state index contributed by atoms with van der Waals surface area (Å²) in [5.41, 5.74) is 10.9. The summed E-state index contributed by atoms with van der Waals surface area (Å²) in [5.74, 6) is 0. The highest BCUT2D eigenvalue weighted by Crippen LogP contribution is 2.37. The first-order valence-electron chi connectivity index (χ1n) is 12.9. The van der Waals surface area contributed by atoms with Crippen LogP contribution in [0.3, 0.4) is 0 Å². The normalized spacial score (nSPS) is 12.1. The molecular weight excluding hydrogens is 482 g/mol. The van der Waals surface area contributed by atoms with Crippen molar-refractivity contribution in [2.45, 2.75) is 0 Å². The standard InChI is InChI=1S/C33H19N5O/c1-2-7-25-22(6-1)31-27(8-3-15-34-31)37(25)20-11-13-26-23(18-20)32-28(9-4-16-35-32)38(26)21-12-14-29-24(19-21)33-30(39-29)10-5-17-36-33/h1-19H. The van der Waals surface area contributed by atoms with Gasteiger partial charge in [0, 0.05) is 46.1 Å². The Morgan fingerprint density at radius 2 is 1.03 bits per heavy atom. The molecule has 0 saturated carbocycles. The van der Waals surface area contributed by atoms with Gasteiger partial charge in [-0.15, -0.1) is 0 Å². The zero-order valence-corrected chi connectivity index (χ0v) is 20.6. The molecule has 39 heavy (non-hydrogen) atoms. The molecule has 9 aromatic rings. The Morgan fingerprint density at radius 3 is 1.82 bits per heavy atom. The monoisotopic (exact) mass is 501 g/mol. The van der Waals surface area contributed by atoms with Crippen LogP contribution in [0.4, 0.5) is 0 Å². The molecular formula is C33H19N5O. The molecule has 0 fully saturated rings. The van der Waals surface area contributed by atoms with Crippen molar-refractivity contribution in [3.63, 3.8) is 0 Å². The maximum absolute atomic E-state index is 6.04. The molecule has 0 aliphatic carbocycles. The molecule has 0 aliphatic rings. The van der Waals surface area contributed by atoms with E-state index in [4.69, 9.17) is 14.4 Å². The topological polar surface area (TPSA) is 61.7 Å². The minimum absolute atomic E-state index is 0.791. The Morgan fingerprint density at radius 1 is 0.436 bits per heavy atom. The molecule has 0 N–H and O–H groups in total. The van der Waals surface area contributed by atoms with Crippen molar-refractivity contribution in [3.8, 4) is 11.4 Å². The summed E-state index contributed by atoms with van der Waals surface area (Å²) < 4.78 is 10.6. The third-order valence-electron chi connectivity index (χ3n) is 7.66. The first-order valence-corrected chi connectivity index (χ1v) is 12.9. The summed E-state index contributed by atoms with van der Waals surface area (Å²) in [7, 11) is 0. The van der Waals surface area contributed by atoms with Gasteiger partial charge in [-0.25, -0.2) is 0 Å². The highest BCUT2D eigenvalue weighted by atomic mass is 16.3. The molecule has 6 heterocycles. The molecule has 0 saturated heterocycles. The van der Waals surface area contributed by atoms with Crippen LogP contribution in [0, 0.1) is 0 Å². The number of fused-ring (bicyclic) bond motifs is 9. The van der Waals surface area contributed by atoms with Gasteiger partial charge in [0.1, 0.15) is 11.1 Å². The van der Waals surface area contributed by atoms with Crippen molar-refractivity contribution < 1.29 is 4.42 Å². The summed E-state index contributed by atoms with van der Waals surface area (Å²) in [4.78, 5) is 14.1. The van der Waals surface area contributed by atoms with Crippen LogP contribution in [0.5, 0.6) is 0 Å². The van der Waals surface area contributed by atoms with Crippen LogP contribution in [0.25, 0.3) is 77.3 Å². The summed E-state index contributed by atoms with van der Waals surface area (Å²) in [5, 5.41) is 3.23. The number of benzene rings is 3. The van der Waals surface area contributed by atoms with Gasteiger partial charge in [0.05, 0.1) is 33.1 Å². The molecule has 0 radical (unpaired) electrons. The van der Waals surface area contributed by atoms with E-state index in [1.807, 2.05) is 42.7 Å². The second kappa shape index (κ2) is 7.52. The molecule has 0 bridgehead atoms. The Kier molecular flexibility index (Phi) is 3.96. The zero-order chi connectivity index (χ0) is 25.5. The van der Waals surface area contributed by atoms with E-state index in [1.54, 1.807) is 6.20 Å². The van der Waals surface area contributed by atoms with Gasteiger partial charge in [-0.3, -0.25) is 15.0 Å². The Bertz CT molecular complexity index is 2360. The number of aromatic nitrogens is 5. The highest BCUT2D eigenvalue weighted by Gasteiger charge is 2.18. The molecule has 0 unspecified atom stereocenters. The predicted molar refractivity (Wildman–Crippen MR) is 156 cm³/mol. The van der Waals surface area contributed by atoms with Gasteiger partial charge in [-0.2, -0.15) is 0 Å². The van der Waals surface area contributed by atoms with E-state index in [9.17, 15) is 0 Å². The van der Waals surface area contributed by atoms with E-state index in [0.717, 1.165) is 77.3 Å². The van der Waals surface area contributed by atoms with Crippen molar-refractivity contribution in [2.75, 3.05) is 0 Å². The number of para-hydroxylation sites is 1. The SMILES string of the molecule is c1cnc2c(c1)oc1ccc(-n3c4ccc(-n5c6ccccc6c6ncccc65)cc4c4ncccc43)cc12. The van der Waals surface area contributed by atoms with Crippen LogP contribution in [-0.2, 0) is 0 Å². The van der Waals surface area contributed by atoms with Crippen LogP contribution in [-0.4, -0.2) is 24.1 Å². The molecule has 6 nitrogen and oxygen atoms in total. The molecule has 6 heteroatoms. The third kappa shape index (κ3) is 2.77. The van der Waals surface area contributed by atoms with E-state index in [-0.39, 0.29) is 0 Å². The van der Waals surface area contributed by atoms with Gasteiger partial charge >= 0.3 is 0 Å². The lowest BCUT2D eigenvalue weighted by Gasteiger charge is -2.10. The largest absolute Gasteiger partial charge is 0.454 e. The van der Waals surface area contributed by atoms with E-state index >= 15 is 0 Å². The lowest BCUT2D eigenvalue weighted by molar-refractivity contribution is 0.668. The van der Waals surface area contributed by atoms with Gasteiger partial charge < -0.3 is 13.6 Å². The lowest BCUT2D eigenvalue weighted by Crippen LogP contribution is -1.96. The number of hydrogen-bond acceptors (Lipinski definition) is 4. The van der Waals surface area contributed by atoms with Crippen LogP contribution < -0.4 is 0 Å². The Balaban J connectivity index is 1.34. The molecule has 3 aromatic carbocycles. The summed E-state index contributed by atoms with van der Waals surface area (Å²) in [6.07, 6.45) is 5.52.